The normalized spacial score (nSPS) is 10.8. The molecule has 0 radical (unpaired) electrons. The summed E-state index contributed by atoms with van der Waals surface area (Å²) in [6, 6.07) is 3.68. The Morgan fingerprint density at radius 2 is 2.18 bits per heavy atom. The zero-order valence-electron chi connectivity index (χ0n) is 9.66. The molecule has 2 aromatic rings. The summed E-state index contributed by atoms with van der Waals surface area (Å²) < 4.78 is 1.65. The summed E-state index contributed by atoms with van der Waals surface area (Å²) >= 11 is 4.98. The molecule has 0 amide bonds. The molecule has 2 aromatic heterocycles. The maximum absolute atomic E-state index is 5.64. The average molecular weight is 247 g/mol. The fraction of sp³-hybridized carbons (Fsp3) is 0.273. The molecule has 6 heteroatoms. The van der Waals surface area contributed by atoms with Crippen LogP contribution in [0.1, 0.15) is 31.0 Å². The van der Waals surface area contributed by atoms with Crippen molar-refractivity contribution in [1.29, 1.82) is 0 Å². The van der Waals surface area contributed by atoms with Crippen LogP contribution in [0.4, 0.5) is 0 Å². The number of nitrogens with two attached hydrogens (primary N) is 1. The number of hydrogen-bond acceptors (Lipinski definition) is 4. The van der Waals surface area contributed by atoms with Crippen LogP contribution in [-0.4, -0.2) is 25.0 Å². The molecule has 0 aliphatic carbocycles. The molecule has 2 heterocycles. The third-order valence-corrected chi connectivity index (χ3v) is 2.60. The maximum Gasteiger partial charge on any atom is 0.185 e. The average Bonchev–Trinajstić information content (AvgIpc) is 2.78. The molecule has 5 nitrogen and oxygen atoms in total. The van der Waals surface area contributed by atoms with E-state index in [4.69, 9.17) is 18.0 Å². The van der Waals surface area contributed by atoms with Gasteiger partial charge in [0.1, 0.15) is 4.99 Å². The third-order valence-electron chi connectivity index (χ3n) is 2.38. The summed E-state index contributed by atoms with van der Waals surface area (Å²) in [7, 11) is 0. The van der Waals surface area contributed by atoms with Crippen LogP contribution in [0.5, 0.6) is 0 Å². The van der Waals surface area contributed by atoms with E-state index in [2.05, 4.69) is 29.1 Å². The van der Waals surface area contributed by atoms with Crippen molar-refractivity contribution in [2.24, 2.45) is 5.73 Å². The largest absolute Gasteiger partial charge is 0.389 e. The molecule has 0 spiro atoms. The van der Waals surface area contributed by atoms with E-state index >= 15 is 0 Å². The highest BCUT2D eigenvalue weighted by Crippen LogP contribution is 2.14. The lowest BCUT2D eigenvalue weighted by molar-refractivity contribution is 0.746. The van der Waals surface area contributed by atoms with Crippen molar-refractivity contribution in [2.75, 3.05) is 0 Å². The van der Waals surface area contributed by atoms with Gasteiger partial charge in [0.25, 0.3) is 0 Å². The van der Waals surface area contributed by atoms with Crippen LogP contribution in [-0.2, 0) is 0 Å². The lowest BCUT2D eigenvalue weighted by Crippen LogP contribution is -2.15. The van der Waals surface area contributed by atoms with Crippen LogP contribution in [0, 0.1) is 0 Å². The van der Waals surface area contributed by atoms with E-state index in [-0.39, 0.29) is 4.99 Å². The molecule has 2 rings (SSSR count). The Labute approximate surface area is 105 Å². The van der Waals surface area contributed by atoms with Crippen molar-refractivity contribution in [1.82, 2.24) is 20.0 Å². The second-order valence-electron chi connectivity index (χ2n) is 3.97. The van der Waals surface area contributed by atoms with Gasteiger partial charge in [-0.2, -0.15) is 10.2 Å². The second-order valence-corrected chi connectivity index (χ2v) is 4.41. The molecule has 0 aliphatic heterocycles. The lowest BCUT2D eigenvalue weighted by atomic mass is 10.1. The van der Waals surface area contributed by atoms with Crippen molar-refractivity contribution < 1.29 is 0 Å². The fourth-order valence-electron chi connectivity index (χ4n) is 1.45. The van der Waals surface area contributed by atoms with Crippen LogP contribution >= 0.6 is 12.2 Å². The van der Waals surface area contributed by atoms with Crippen LogP contribution in [0.15, 0.2) is 24.5 Å². The van der Waals surface area contributed by atoms with Gasteiger partial charge >= 0.3 is 0 Å². The van der Waals surface area contributed by atoms with E-state index in [0.29, 0.717) is 17.3 Å². The topological polar surface area (TPSA) is 69.6 Å². The molecule has 0 saturated carbocycles. The molecule has 0 aliphatic rings. The van der Waals surface area contributed by atoms with Gasteiger partial charge < -0.3 is 5.73 Å². The Kier molecular flexibility index (Phi) is 3.14. The first kappa shape index (κ1) is 11.7. The molecule has 17 heavy (non-hydrogen) atoms. The quantitative estimate of drug-likeness (QED) is 0.831. The number of hydrogen-bond donors (Lipinski definition) is 1. The highest BCUT2D eigenvalue weighted by Gasteiger charge is 2.11. The van der Waals surface area contributed by atoms with Crippen LogP contribution in [0.3, 0.4) is 0 Å². The molecule has 0 aromatic carbocycles. The van der Waals surface area contributed by atoms with Gasteiger partial charge in [0.2, 0.25) is 0 Å². The van der Waals surface area contributed by atoms with Gasteiger partial charge in [-0.3, -0.25) is 0 Å². The van der Waals surface area contributed by atoms with Crippen molar-refractivity contribution in [3.8, 4) is 5.82 Å². The summed E-state index contributed by atoms with van der Waals surface area (Å²) in [5, 5.41) is 12.3. The monoisotopic (exact) mass is 247 g/mol. The van der Waals surface area contributed by atoms with Gasteiger partial charge in [0.15, 0.2) is 5.82 Å². The Hall–Kier alpha value is -1.82. The van der Waals surface area contributed by atoms with Gasteiger partial charge in [-0.1, -0.05) is 26.1 Å². The SMILES string of the molecule is CC(C)c1ccn(-c2nnccc2C(N)=S)n1. The summed E-state index contributed by atoms with van der Waals surface area (Å²) in [4.78, 5) is 0.288. The first-order chi connectivity index (χ1) is 8.09. The number of aromatic nitrogens is 4. The van der Waals surface area contributed by atoms with E-state index in [1.807, 2.05) is 12.3 Å². The van der Waals surface area contributed by atoms with Gasteiger partial charge in [-0.05, 0) is 18.1 Å². The minimum atomic E-state index is 0.288. The van der Waals surface area contributed by atoms with Crippen molar-refractivity contribution in [2.45, 2.75) is 19.8 Å². The minimum Gasteiger partial charge on any atom is -0.389 e. The van der Waals surface area contributed by atoms with E-state index in [1.165, 1.54) is 0 Å². The second kappa shape index (κ2) is 4.58. The van der Waals surface area contributed by atoms with Gasteiger partial charge in [0, 0.05) is 6.20 Å². The van der Waals surface area contributed by atoms with Gasteiger partial charge in [-0.25, -0.2) is 4.68 Å². The number of thiocarbonyl (C=S) groups is 1. The highest BCUT2D eigenvalue weighted by atomic mass is 32.1. The van der Waals surface area contributed by atoms with Crippen molar-refractivity contribution in [3.05, 3.63) is 35.8 Å². The summed E-state index contributed by atoms with van der Waals surface area (Å²) in [6.07, 6.45) is 3.39. The fourth-order valence-corrected chi connectivity index (χ4v) is 1.61. The predicted octanol–water partition coefficient (Wildman–Crippen LogP) is 1.42. The molecule has 0 fully saturated rings. The Morgan fingerprint density at radius 3 is 2.76 bits per heavy atom. The molecule has 0 unspecified atom stereocenters. The first-order valence-corrected chi connectivity index (χ1v) is 5.68. The molecule has 88 valence electrons. The summed E-state index contributed by atoms with van der Waals surface area (Å²) in [5.74, 6) is 0.924. The molecule has 0 bridgehead atoms. The number of nitrogens with zero attached hydrogens (tertiary/aromatic N) is 4. The zero-order chi connectivity index (χ0) is 12.4. The zero-order valence-corrected chi connectivity index (χ0v) is 10.5. The summed E-state index contributed by atoms with van der Waals surface area (Å²) in [5.41, 5.74) is 7.31. The Morgan fingerprint density at radius 1 is 1.41 bits per heavy atom. The molecular formula is C11H13N5S. The van der Waals surface area contributed by atoms with Gasteiger partial charge in [-0.15, -0.1) is 5.10 Å². The molecular weight excluding hydrogens is 234 g/mol. The molecule has 2 N–H and O–H groups in total. The Bertz CT molecular complexity index is 546. The van der Waals surface area contributed by atoms with Gasteiger partial charge in [0.05, 0.1) is 17.5 Å². The molecule has 0 saturated heterocycles. The number of rotatable bonds is 3. The smallest absolute Gasteiger partial charge is 0.185 e. The maximum atomic E-state index is 5.64. The van der Waals surface area contributed by atoms with E-state index in [1.54, 1.807) is 16.9 Å². The molecule has 0 atom stereocenters. The van der Waals surface area contributed by atoms with Crippen molar-refractivity contribution >= 4 is 17.2 Å². The standard InChI is InChI=1S/C11H13N5S/c1-7(2)9-4-6-16(15-9)11-8(10(12)17)3-5-13-14-11/h3-7H,1-2H3,(H2,12,17). The van der Waals surface area contributed by atoms with Crippen molar-refractivity contribution in [3.63, 3.8) is 0 Å². The predicted molar refractivity (Wildman–Crippen MR) is 69.1 cm³/mol. The van der Waals surface area contributed by atoms with Crippen LogP contribution in [0.2, 0.25) is 0 Å². The highest BCUT2D eigenvalue weighted by molar-refractivity contribution is 7.80. The summed E-state index contributed by atoms with van der Waals surface area (Å²) in [6.45, 7) is 4.16. The van der Waals surface area contributed by atoms with Crippen LogP contribution in [0.25, 0.3) is 5.82 Å². The third kappa shape index (κ3) is 2.31. The van der Waals surface area contributed by atoms with E-state index < -0.39 is 0 Å². The first-order valence-electron chi connectivity index (χ1n) is 5.27. The van der Waals surface area contributed by atoms with Crippen LogP contribution < -0.4 is 5.73 Å². The lowest BCUT2D eigenvalue weighted by Gasteiger charge is -2.05. The minimum absolute atomic E-state index is 0.288. The Balaban J connectivity index is 2.49. The van der Waals surface area contributed by atoms with E-state index in [0.717, 1.165) is 5.69 Å². The van der Waals surface area contributed by atoms with E-state index in [9.17, 15) is 0 Å².